The van der Waals surface area contributed by atoms with Gasteiger partial charge in [0, 0.05) is 25.7 Å². The van der Waals surface area contributed by atoms with Gasteiger partial charge in [-0.2, -0.15) is 23.3 Å². The van der Waals surface area contributed by atoms with Crippen molar-refractivity contribution in [1.29, 1.82) is 0 Å². The van der Waals surface area contributed by atoms with E-state index in [9.17, 15) is 18.0 Å². The molecule has 0 aromatic carbocycles. The normalized spacial score (nSPS) is 32.2. The van der Waals surface area contributed by atoms with Gasteiger partial charge in [-0.05, 0) is 31.6 Å². The second kappa shape index (κ2) is 6.71. The summed E-state index contributed by atoms with van der Waals surface area (Å²) in [5.74, 6) is 0.0687. The van der Waals surface area contributed by atoms with E-state index in [1.807, 2.05) is 0 Å². The highest BCUT2D eigenvalue weighted by molar-refractivity contribution is 5.79. The molecule has 26 heavy (non-hydrogen) atoms. The lowest BCUT2D eigenvalue weighted by Gasteiger charge is -2.41. The fourth-order valence-electron chi connectivity index (χ4n) is 4.26. The van der Waals surface area contributed by atoms with Crippen molar-refractivity contribution in [3.63, 3.8) is 0 Å². The van der Waals surface area contributed by atoms with Crippen molar-refractivity contribution >= 4 is 11.9 Å². The number of hydrogen-bond donors (Lipinski definition) is 1. The molecule has 1 N–H and O–H groups in total. The largest absolute Gasteiger partial charge is 0.411 e. The van der Waals surface area contributed by atoms with Crippen LogP contribution in [0.2, 0.25) is 0 Å². The number of hydrogen-bond acceptors (Lipinski definition) is 5. The van der Waals surface area contributed by atoms with Gasteiger partial charge in [-0.15, -0.1) is 0 Å². The van der Waals surface area contributed by atoms with E-state index in [4.69, 9.17) is 4.74 Å². The van der Waals surface area contributed by atoms with E-state index in [2.05, 4.69) is 15.4 Å². The molecule has 1 aromatic rings. The number of alkyl halides is 3. The zero-order valence-electron chi connectivity index (χ0n) is 14.3. The van der Waals surface area contributed by atoms with E-state index in [-0.39, 0.29) is 36.2 Å². The maximum Gasteiger partial charge on any atom is 0.411 e. The Morgan fingerprint density at radius 1 is 1.35 bits per heavy atom. The number of ether oxygens (including phenoxy) is 1. The minimum absolute atomic E-state index is 0.0367. The number of carbonyl (C=O) groups is 1. The minimum atomic E-state index is -4.38. The Hall–Kier alpha value is -1.84. The molecule has 1 amide bonds. The van der Waals surface area contributed by atoms with Crippen LogP contribution in [0.3, 0.4) is 0 Å². The zero-order chi connectivity index (χ0) is 18.3. The van der Waals surface area contributed by atoms with Gasteiger partial charge in [0.15, 0.2) is 6.04 Å². The van der Waals surface area contributed by atoms with E-state index < -0.39 is 12.2 Å². The number of nitrogens with zero attached hydrogens (tertiary/aromatic N) is 4. The number of likely N-dealkylation sites (tertiary alicyclic amines) is 1. The van der Waals surface area contributed by atoms with Crippen LogP contribution in [0.5, 0.6) is 0 Å². The molecule has 4 rings (SSSR count). The van der Waals surface area contributed by atoms with Crippen LogP contribution in [0.25, 0.3) is 0 Å². The number of nitrogens with one attached hydrogen (secondary N) is 1. The molecule has 0 spiro atoms. The first-order chi connectivity index (χ1) is 12.4. The Kier molecular flexibility index (Phi) is 4.54. The second-order valence-corrected chi connectivity index (χ2v) is 7.32. The number of halogens is 3. The van der Waals surface area contributed by atoms with Gasteiger partial charge >= 0.3 is 6.18 Å². The van der Waals surface area contributed by atoms with Crippen LogP contribution in [0.4, 0.5) is 19.1 Å². The van der Waals surface area contributed by atoms with Crippen molar-refractivity contribution in [3.05, 3.63) is 6.33 Å². The van der Waals surface area contributed by atoms with Crippen molar-refractivity contribution in [2.75, 3.05) is 31.6 Å². The molecule has 0 saturated carbocycles. The molecule has 0 aliphatic carbocycles. The van der Waals surface area contributed by atoms with Crippen LogP contribution in [0, 0.1) is 11.8 Å². The number of carbonyl (C=O) groups excluding carboxylic acids is 1. The molecular formula is C16H22F3N5O2. The highest BCUT2D eigenvalue weighted by Crippen LogP contribution is 2.41. The number of fused-ring (bicyclic) bond motifs is 1. The molecule has 3 aliphatic heterocycles. The maximum absolute atomic E-state index is 13.5. The highest BCUT2D eigenvalue weighted by Gasteiger charge is 2.48. The average molecular weight is 373 g/mol. The van der Waals surface area contributed by atoms with E-state index >= 15 is 0 Å². The van der Waals surface area contributed by atoms with Crippen molar-refractivity contribution < 1.29 is 22.7 Å². The molecule has 0 unspecified atom stereocenters. The molecule has 4 heterocycles. The number of anilines is 1. The fraction of sp³-hybridized carbons (Fsp3) is 0.812. The van der Waals surface area contributed by atoms with Crippen molar-refractivity contribution in [2.24, 2.45) is 11.8 Å². The summed E-state index contributed by atoms with van der Waals surface area (Å²) >= 11 is 0. The highest BCUT2D eigenvalue weighted by atomic mass is 19.4. The van der Waals surface area contributed by atoms with Crippen molar-refractivity contribution in [2.45, 2.75) is 43.9 Å². The monoisotopic (exact) mass is 373 g/mol. The summed E-state index contributed by atoms with van der Waals surface area (Å²) in [5.41, 5.74) is 0. The summed E-state index contributed by atoms with van der Waals surface area (Å²) in [6.07, 6.45) is -1.03. The lowest BCUT2D eigenvalue weighted by molar-refractivity contribution is -0.175. The van der Waals surface area contributed by atoms with Crippen molar-refractivity contribution in [3.8, 4) is 0 Å². The smallest absolute Gasteiger partial charge is 0.381 e. The molecule has 0 bridgehead atoms. The number of piperidine rings is 1. The Morgan fingerprint density at radius 3 is 2.92 bits per heavy atom. The molecule has 144 valence electrons. The molecule has 3 aliphatic rings. The second-order valence-electron chi connectivity index (χ2n) is 7.32. The maximum atomic E-state index is 13.5. The van der Waals surface area contributed by atoms with Crippen molar-refractivity contribution in [1.82, 2.24) is 19.7 Å². The first-order valence-electron chi connectivity index (χ1n) is 9.03. The quantitative estimate of drug-likeness (QED) is 0.857. The molecule has 1 aromatic heterocycles. The third kappa shape index (κ3) is 3.26. The number of amides is 1. The molecule has 4 atom stereocenters. The van der Waals surface area contributed by atoms with E-state index in [0.717, 1.165) is 30.3 Å². The molecule has 2 saturated heterocycles. The standard InChI is InChI=1S/C16H22F3N5O2/c17-16(18,19)13-6-12(22-15-20-9-21-24(13)15)10-2-1-4-23(7-10)14(25)11-3-5-26-8-11/h9-13H,1-8H2,(H,20,21,22)/t10-,11+,12+,13-/m1/s1. The zero-order valence-corrected chi connectivity index (χ0v) is 14.3. The lowest BCUT2D eigenvalue weighted by atomic mass is 9.85. The average Bonchev–Trinajstić information content (AvgIpc) is 3.31. The summed E-state index contributed by atoms with van der Waals surface area (Å²) < 4.78 is 46.6. The summed E-state index contributed by atoms with van der Waals surface area (Å²) in [5, 5.41) is 6.83. The predicted octanol–water partition coefficient (Wildman–Crippen LogP) is 1.84. The van der Waals surface area contributed by atoms with Gasteiger partial charge in [-0.1, -0.05) is 0 Å². The number of aromatic nitrogens is 3. The van der Waals surface area contributed by atoms with Gasteiger partial charge in [-0.3, -0.25) is 4.79 Å². The van der Waals surface area contributed by atoms with Gasteiger partial charge in [0.05, 0.1) is 12.5 Å². The molecule has 7 nitrogen and oxygen atoms in total. The Labute approximate surface area is 148 Å². The first-order valence-corrected chi connectivity index (χ1v) is 9.03. The van der Waals surface area contributed by atoms with Crippen LogP contribution in [-0.4, -0.2) is 64.1 Å². The van der Waals surface area contributed by atoms with Crippen LogP contribution in [0.15, 0.2) is 6.33 Å². The Morgan fingerprint density at radius 2 is 2.19 bits per heavy atom. The minimum Gasteiger partial charge on any atom is -0.381 e. The van der Waals surface area contributed by atoms with Gasteiger partial charge in [0.25, 0.3) is 0 Å². The van der Waals surface area contributed by atoms with Gasteiger partial charge in [0.1, 0.15) is 6.33 Å². The van der Waals surface area contributed by atoms with E-state index in [1.165, 1.54) is 0 Å². The van der Waals surface area contributed by atoms with Crippen LogP contribution in [0.1, 0.15) is 31.7 Å². The topological polar surface area (TPSA) is 72.3 Å². The summed E-state index contributed by atoms with van der Waals surface area (Å²) in [6, 6.07) is -2.06. The van der Waals surface area contributed by atoms with Crippen LogP contribution < -0.4 is 5.32 Å². The molecule has 10 heteroatoms. The summed E-state index contributed by atoms with van der Waals surface area (Å²) in [6.45, 7) is 2.19. The van der Waals surface area contributed by atoms with E-state index in [0.29, 0.717) is 26.3 Å². The van der Waals surface area contributed by atoms with Gasteiger partial charge in [-0.25, -0.2) is 4.68 Å². The summed E-state index contributed by atoms with van der Waals surface area (Å²) in [7, 11) is 0. The molecule has 0 radical (unpaired) electrons. The van der Waals surface area contributed by atoms with Crippen LogP contribution >= 0.6 is 0 Å². The molecule has 2 fully saturated rings. The SMILES string of the molecule is O=C([C@H]1CCOC1)N1CCC[C@@H]([C@@H]2C[C@H](C(F)(F)F)n3ncnc3N2)C1. The first kappa shape index (κ1) is 17.6. The lowest BCUT2D eigenvalue weighted by Crippen LogP contribution is -2.50. The fourth-order valence-corrected chi connectivity index (χ4v) is 4.26. The molecular weight excluding hydrogens is 351 g/mol. The Bertz CT molecular complexity index is 659. The third-order valence-corrected chi connectivity index (χ3v) is 5.66. The van der Waals surface area contributed by atoms with Gasteiger partial charge in [0.2, 0.25) is 11.9 Å². The number of rotatable bonds is 2. The van der Waals surface area contributed by atoms with Gasteiger partial charge < -0.3 is 15.0 Å². The van der Waals surface area contributed by atoms with Crippen LogP contribution in [-0.2, 0) is 9.53 Å². The summed E-state index contributed by atoms with van der Waals surface area (Å²) in [4.78, 5) is 18.4. The predicted molar refractivity (Wildman–Crippen MR) is 85.4 cm³/mol. The Balaban J connectivity index is 1.48. The van der Waals surface area contributed by atoms with E-state index in [1.54, 1.807) is 4.90 Å². The third-order valence-electron chi connectivity index (χ3n) is 5.66.